The van der Waals surface area contributed by atoms with Gasteiger partial charge in [0.25, 0.3) is 5.91 Å². The molecular weight excluding hydrogens is 298 g/mol. The van der Waals surface area contributed by atoms with Crippen LogP contribution in [0.25, 0.3) is 0 Å². The van der Waals surface area contributed by atoms with Gasteiger partial charge in [-0.1, -0.05) is 12.1 Å². The van der Waals surface area contributed by atoms with Crippen molar-refractivity contribution in [3.63, 3.8) is 0 Å². The number of nitrogens with zero attached hydrogens (tertiary/aromatic N) is 3. The lowest BCUT2D eigenvalue weighted by Gasteiger charge is -2.35. The van der Waals surface area contributed by atoms with Crippen LogP contribution in [-0.4, -0.2) is 58.5 Å². The van der Waals surface area contributed by atoms with Crippen LogP contribution in [0.5, 0.6) is 0 Å². The zero-order chi connectivity index (χ0) is 15.4. The SMILES string of the molecule is O=C(c1ccccn1)N1CCN(CC(O)c2cccs2)CC1. The number of aliphatic hydroxyl groups is 1. The molecule has 5 nitrogen and oxygen atoms in total. The van der Waals surface area contributed by atoms with Gasteiger partial charge in [-0.05, 0) is 23.6 Å². The van der Waals surface area contributed by atoms with E-state index in [-0.39, 0.29) is 5.91 Å². The summed E-state index contributed by atoms with van der Waals surface area (Å²) in [5.74, 6) is -0.0148. The molecule has 2 aromatic heterocycles. The molecule has 116 valence electrons. The number of carbonyl (C=O) groups excluding carboxylic acids is 1. The van der Waals surface area contributed by atoms with Crippen molar-refractivity contribution in [2.45, 2.75) is 6.10 Å². The van der Waals surface area contributed by atoms with E-state index in [1.807, 2.05) is 28.5 Å². The summed E-state index contributed by atoms with van der Waals surface area (Å²) in [5, 5.41) is 12.2. The third-order valence-corrected chi connectivity index (χ3v) is 4.82. The molecule has 3 heterocycles. The smallest absolute Gasteiger partial charge is 0.272 e. The van der Waals surface area contributed by atoms with Gasteiger partial charge in [0.15, 0.2) is 0 Å². The van der Waals surface area contributed by atoms with Gasteiger partial charge >= 0.3 is 0 Å². The molecule has 22 heavy (non-hydrogen) atoms. The Balaban J connectivity index is 1.51. The lowest BCUT2D eigenvalue weighted by atomic mass is 10.2. The summed E-state index contributed by atoms with van der Waals surface area (Å²) in [7, 11) is 0. The summed E-state index contributed by atoms with van der Waals surface area (Å²) in [6.07, 6.45) is 1.19. The van der Waals surface area contributed by atoms with E-state index in [4.69, 9.17) is 0 Å². The van der Waals surface area contributed by atoms with Gasteiger partial charge in [0.05, 0.1) is 0 Å². The molecule has 1 saturated heterocycles. The number of aromatic nitrogens is 1. The van der Waals surface area contributed by atoms with Crippen molar-refractivity contribution < 1.29 is 9.90 Å². The molecule has 1 unspecified atom stereocenters. The van der Waals surface area contributed by atoms with E-state index in [1.165, 1.54) is 0 Å². The molecule has 6 heteroatoms. The first-order valence-corrected chi connectivity index (χ1v) is 8.26. The van der Waals surface area contributed by atoms with E-state index in [2.05, 4.69) is 9.88 Å². The van der Waals surface area contributed by atoms with Gasteiger partial charge in [-0.25, -0.2) is 0 Å². The summed E-state index contributed by atoms with van der Waals surface area (Å²) < 4.78 is 0. The Morgan fingerprint density at radius 1 is 1.23 bits per heavy atom. The first-order valence-electron chi connectivity index (χ1n) is 7.38. The molecule has 0 aromatic carbocycles. The van der Waals surface area contributed by atoms with Gasteiger partial charge in [-0.3, -0.25) is 14.7 Å². The second-order valence-corrected chi connectivity index (χ2v) is 6.32. The molecule has 0 radical (unpaired) electrons. The van der Waals surface area contributed by atoms with Gasteiger partial charge in [0.1, 0.15) is 11.8 Å². The van der Waals surface area contributed by atoms with Crippen molar-refractivity contribution in [1.29, 1.82) is 0 Å². The number of amides is 1. The summed E-state index contributed by atoms with van der Waals surface area (Å²) in [4.78, 5) is 21.4. The number of aliphatic hydroxyl groups excluding tert-OH is 1. The highest BCUT2D eigenvalue weighted by atomic mass is 32.1. The van der Waals surface area contributed by atoms with Crippen LogP contribution in [0, 0.1) is 0 Å². The molecule has 0 bridgehead atoms. The van der Waals surface area contributed by atoms with Crippen molar-refractivity contribution in [3.8, 4) is 0 Å². The number of rotatable bonds is 4. The van der Waals surface area contributed by atoms with E-state index in [0.29, 0.717) is 25.3 Å². The van der Waals surface area contributed by atoms with Crippen LogP contribution < -0.4 is 0 Å². The predicted molar refractivity (Wildman–Crippen MR) is 85.9 cm³/mol. The Labute approximate surface area is 133 Å². The number of thiophene rings is 1. The zero-order valence-electron chi connectivity index (χ0n) is 12.3. The monoisotopic (exact) mass is 317 g/mol. The Hall–Kier alpha value is -1.76. The highest BCUT2D eigenvalue weighted by Crippen LogP contribution is 2.20. The molecular formula is C16H19N3O2S. The second-order valence-electron chi connectivity index (χ2n) is 5.34. The molecule has 1 aliphatic heterocycles. The molecule has 1 amide bonds. The minimum absolute atomic E-state index is 0.0148. The Morgan fingerprint density at radius 3 is 2.68 bits per heavy atom. The number of hydrogen-bond donors (Lipinski definition) is 1. The first kappa shape index (κ1) is 15.1. The standard InChI is InChI=1S/C16H19N3O2S/c20-14(15-5-3-11-22-15)12-18-7-9-19(10-8-18)16(21)13-4-1-2-6-17-13/h1-6,11,14,20H,7-10,12H2. The molecule has 0 spiro atoms. The maximum absolute atomic E-state index is 12.3. The average Bonchev–Trinajstić information content (AvgIpc) is 3.10. The summed E-state index contributed by atoms with van der Waals surface area (Å²) >= 11 is 1.57. The van der Waals surface area contributed by atoms with Crippen LogP contribution in [0.3, 0.4) is 0 Å². The first-order chi connectivity index (χ1) is 10.7. The fourth-order valence-electron chi connectivity index (χ4n) is 2.60. The Bertz CT molecular complexity index is 595. The molecule has 3 rings (SSSR count). The topological polar surface area (TPSA) is 56.7 Å². The second kappa shape index (κ2) is 7.00. The lowest BCUT2D eigenvalue weighted by molar-refractivity contribution is 0.0528. The fraction of sp³-hybridized carbons (Fsp3) is 0.375. The van der Waals surface area contributed by atoms with Crippen molar-refractivity contribution in [2.75, 3.05) is 32.7 Å². The molecule has 0 aliphatic carbocycles. The van der Waals surface area contributed by atoms with Crippen LogP contribution in [0.1, 0.15) is 21.5 Å². The minimum Gasteiger partial charge on any atom is -0.386 e. The molecule has 1 fully saturated rings. The van der Waals surface area contributed by atoms with E-state index in [0.717, 1.165) is 18.0 Å². The number of hydrogen-bond acceptors (Lipinski definition) is 5. The largest absolute Gasteiger partial charge is 0.386 e. The predicted octanol–water partition coefficient (Wildman–Crippen LogP) is 1.63. The van der Waals surface area contributed by atoms with E-state index < -0.39 is 6.10 Å². The maximum atomic E-state index is 12.3. The van der Waals surface area contributed by atoms with Gasteiger partial charge < -0.3 is 10.0 Å². The van der Waals surface area contributed by atoms with Crippen LogP contribution in [0.15, 0.2) is 41.9 Å². The Morgan fingerprint density at radius 2 is 2.05 bits per heavy atom. The number of pyridine rings is 1. The third-order valence-electron chi connectivity index (χ3n) is 3.85. The van der Waals surface area contributed by atoms with Gasteiger partial charge in [-0.2, -0.15) is 0 Å². The summed E-state index contributed by atoms with van der Waals surface area (Å²) in [6, 6.07) is 9.28. The van der Waals surface area contributed by atoms with Crippen molar-refractivity contribution >= 4 is 17.2 Å². The lowest BCUT2D eigenvalue weighted by Crippen LogP contribution is -2.49. The minimum atomic E-state index is -0.446. The van der Waals surface area contributed by atoms with Gasteiger partial charge in [0.2, 0.25) is 0 Å². The molecule has 2 aromatic rings. The maximum Gasteiger partial charge on any atom is 0.272 e. The summed E-state index contributed by atoms with van der Waals surface area (Å²) in [6.45, 7) is 3.52. The fourth-order valence-corrected chi connectivity index (χ4v) is 3.30. The molecule has 1 atom stereocenters. The highest BCUT2D eigenvalue weighted by molar-refractivity contribution is 7.10. The van der Waals surface area contributed by atoms with E-state index >= 15 is 0 Å². The van der Waals surface area contributed by atoms with Crippen molar-refractivity contribution in [1.82, 2.24) is 14.8 Å². The molecule has 0 saturated carbocycles. The average molecular weight is 317 g/mol. The third kappa shape index (κ3) is 3.52. The van der Waals surface area contributed by atoms with Gasteiger partial charge in [0, 0.05) is 43.8 Å². The van der Waals surface area contributed by atoms with Crippen LogP contribution in [0.4, 0.5) is 0 Å². The quantitative estimate of drug-likeness (QED) is 0.931. The van der Waals surface area contributed by atoms with Crippen molar-refractivity contribution in [3.05, 3.63) is 52.5 Å². The van der Waals surface area contributed by atoms with E-state index in [1.54, 1.807) is 29.7 Å². The number of piperazine rings is 1. The van der Waals surface area contributed by atoms with E-state index in [9.17, 15) is 9.90 Å². The highest BCUT2D eigenvalue weighted by Gasteiger charge is 2.24. The van der Waals surface area contributed by atoms with Crippen LogP contribution in [-0.2, 0) is 0 Å². The normalized spacial score (nSPS) is 17.4. The number of β-amino-alcohol motifs (C(OH)–C–C–N with tert-alkyl or cyclic N) is 1. The van der Waals surface area contributed by atoms with Crippen LogP contribution in [0.2, 0.25) is 0 Å². The zero-order valence-corrected chi connectivity index (χ0v) is 13.1. The van der Waals surface area contributed by atoms with Crippen LogP contribution >= 0.6 is 11.3 Å². The summed E-state index contributed by atoms with van der Waals surface area (Å²) in [5.41, 5.74) is 0.495. The Kier molecular flexibility index (Phi) is 4.82. The van der Waals surface area contributed by atoms with Gasteiger partial charge in [-0.15, -0.1) is 11.3 Å². The number of carbonyl (C=O) groups is 1. The van der Waals surface area contributed by atoms with Crippen molar-refractivity contribution in [2.24, 2.45) is 0 Å². The molecule has 1 N–H and O–H groups in total. The molecule has 1 aliphatic rings.